The Balaban J connectivity index is 0.000000220. The number of nitrogens with zero attached hydrogens (tertiary/aromatic N) is 2. The van der Waals surface area contributed by atoms with Gasteiger partial charge in [0.2, 0.25) is 0 Å². The van der Waals surface area contributed by atoms with Gasteiger partial charge in [-0.1, -0.05) is 97.1 Å². The minimum Gasteiger partial charge on any atom is -0.493 e. The van der Waals surface area contributed by atoms with Crippen LogP contribution in [0.3, 0.4) is 0 Å². The van der Waals surface area contributed by atoms with Crippen LogP contribution in [0, 0.1) is 0 Å². The molecule has 312 valence electrons. The quantitative estimate of drug-likeness (QED) is 0.0540. The third-order valence-corrected chi connectivity index (χ3v) is 10.2. The van der Waals surface area contributed by atoms with Crippen LogP contribution in [-0.4, -0.2) is 50.2 Å². The molecule has 2 heterocycles. The molecule has 0 saturated carbocycles. The third-order valence-electron chi connectivity index (χ3n) is 10.2. The number of hydrogen-bond acceptors (Lipinski definition) is 8. The largest absolute Gasteiger partial charge is 0.493 e. The van der Waals surface area contributed by atoms with E-state index in [9.17, 15) is 9.59 Å². The molecule has 0 amide bonds. The maximum absolute atomic E-state index is 12.2. The van der Waals surface area contributed by atoms with Crippen molar-refractivity contribution in [1.82, 2.24) is 9.80 Å². The summed E-state index contributed by atoms with van der Waals surface area (Å²) in [5.41, 5.74) is 3.16. The minimum absolute atomic E-state index is 0. The molecule has 0 aliphatic rings. The van der Waals surface area contributed by atoms with Crippen molar-refractivity contribution in [3.8, 4) is 11.5 Å². The van der Waals surface area contributed by atoms with Crippen molar-refractivity contribution in [2.75, 3.05) is 40.4 Å². The maximum Gasteiger partial charge on any atom is 0.344 e. The van der Waals surface area contributed by atoms with Gasteiger partial charge < -0.3 is 28.1 Å². The predicted molar refractivity (Wildman–Crippen MR) is 249 cm³/mol. The first-order valence-electron chi connectivity index (χ1n) is 20.0. The van der Waals surface area contributed by atoms with Gasteiger partial charge in [-0.05, 0) is 111 Å². The molecule has 6 aromatic carbocycles. The van der Waals surface area contributed by atoms with Crippen molar-refractivity contribution < 1.29 is 18.3 Å². The molecule has 8 nitrogen and oxygen atoms in total. The smallest absolute Gasteiger partial charge is 0.344 e. The zero-order chi connectivity index (χ0) is 40.1. The second-order valence-electron chi connectivity index (χ2n) is 14.7. The van der Waals surface area contributed by atoms with Gasteiger partial charge in [0.25, 0.3) is 0 Å². The van der Waals surface area contributed by atoms with Crippen LogP contribution in [0.2, 0.25) is 0 Å². The van der Waals surface area contributed by atoms with Gasteiger partial charge in [0.05, 0.1) is 24.0 Å². The van der Waals surface area contributed by atoms with Crippen molar-refractivity contribution in [3.05, 3.63) is 178 Å². The van der Waals surface area contributed by atoms with E-state index in [1.165, 1.54) is 11.1 Å². The fourth-order valence-electron chi connectivity index (χ4n) is 7.20. The highest BCUT2D eigenvalue weighted by Gasteiger charge is 2.10. The monoisotopic (exact) mass is 846 g/mol. The van der Waals surface area contributed by atoms with Crippen LogP contribution in [0.1, 0.15) is 36.8 Å². The van der Waals surface area contributed by atoms with Crippen LogP contribution in [0.4, 0.5) is 0 Å². The molecule has 0 aliphatic heterocycles. The molecule has 0 saturated heterocycles. The van der Waals surface area contributed by atoms with Crippen LogP contribution in [-0.2, 0) is 13.1 Å². The summed E-state index contributed by atoms with van der Waals surface area (Å²) >= 11 is 0. The van der Waals surface area contributed by atoms with Crippen molar-refractivity contribution in [3.63, 3.8) is 0 Å². The second kappa shape index (κ2) is 22.7. The average molecular weight is 848 g/mol. The summed E-state index contributed by atoms with van der Waals surface area (Å²) in [7, 11) is 4.28. The van der Waals surface area contributed by atoms with Gasteiger partial charge in [0.1, 0.15) is 22.7 Å². The van der Waals surface area contributed by atoms with Gasteiger partial charge >= 0.3 is 11.3 Å². The van der Waals surface area contributed by atoms with Crippen molar-refractivity contribution in [2.24, 2.45) is 0 Å². The molecule has 0 unspecified atom stereocenters. The molecular formula is C50H52Cl2N2O6. The van der Waals surface area contributed by atoms with Gasteiger partial charge in [0, 0.05) is 36.0 Å². The zero-order valence-electron chi connectivity index (χ0n) is 34.1. The van der Waals surface area contributed by atoms with Gasteiger partial charge in [-0.25, -0.2) is 9.59 Å². The fourth-order valence-corrected chi connectivity index (χ4v) is 7.20. The highest BCUT2D eigenvalue weighted by Crippen LogP contribution is 2.28. The number of unbranched alkanes of at least 4 members (excludes halogenated alkanes) is 2. The first-order valence-corrected chi connectivity index (χ1v) is 20.0. The molecule has 8 aromatic rings. The second-order valence-corrected chi connectivity index (χ2v) is 14.7. The Bertz CT molecular complexity index is 2500. The Labute approximate surface area is 363 Å². The van der Waals surface area contributed by atoms with E-state index in [2.05, 4.69) is 72.4 Å². The summed E-state index contributed by atoms with van der Waals surface area (Å²) < 4.78 is 22.7. The number of rotatable bonds is 16. The molecule has 8 rings (SSSR count). The van der Waals surface area contributed by atoms with E-state index >= 15 is 0 Å². The lowest BCUT2D eigenvalue weighted by atomic mass is 10.1. The van der Waals surface area contributed by atoms with E-state index in [1.54, 1.807) is 12.1 Å². The van der Waals surface area contributed by atoms with E-state index in [4.69, 9.17) is 18.3 Å². The Morgan fingerprint density at radius 3 is 1.20 bits per heavy atom. The summed E-state index contributed by atoms with van der Waals surface area (Å²) in [4.78, 5) is 29.0. The van der Waals surface area contributed by atoms with Crippen LogP contribution in [0.5, 0.6) is 11.5 Å². The first-order chi connectivity index (χ1) is 28.4. The Kier molecular flexibility index (Phi) is 17.2. The molecule has 0 bridgehead atoms. The zero-order valence-corrected chi connectivity index (χ0v) is 35.7. The Morgan fingerprint density at radius 1 is 0.433 bits per heavy atom. The van der Waals surface area contributed by atoms with Gasteiger partial charge in [0.15, 0.2) is 0 Å². The number of ether oxygens (including phenoxy) is 2. The molecule has 0 aliphatic carbocycles. The minimum atomic E-state index is -0.313. The van der Waals surface area contributed by atoms with Crippen molar-refractivity contribution in [2.45, 2.75) is 38.8 Å². The van der Waals surface area contributed by atoms with E-state index in [0.29, 0.717) is 35.2 Å². The molecule has 2 aromatic heterocycles. The molecular weight excluding hydrogens is 795 g/mol. The topological polar surface area (TPSA) is 85.4 Å². The molecule has 0 spiro atoms. The van der Waals surface area contributed by atoms with Gasteiger partial charge in [-0.15, -0.1) is 24.8 Å². The highest BCUT2D eigenvalue weighted by atomic mass is 35.5. The Hall–Kier alpha value is -5.64. The first kappa shape index (κ1) is 45.4. The third kappa shape index (κ3) is 12.2. The summed E-state index contributed by atoms with van der Waals surface area (Å²) in [6.07, 6.45) is 4.07. The lowest BCUT2D eigenvalue weighted by Crippen LogP contribution is -2.19. The standard InChI is InChI=1S/2C25H25NO3.2ClH/c2*1-26(18-19-9-3-2-4-10-19)15-7-8-16-28-20-13-14-22-21-11-5-6-12-23(21)25(27)29-24(22)17-20;;/h2*2-6,9-14,17H,7-8,15-16,18H2,1H3;2*1H. The summed E-state index contributed by atoms with van der Waals surface area (Å²) in [5.74, 6) is 1.46. The molecule has 0 radical (unpaired) electrons. The van der Waals surface area contributed by atoms with E-state index < -0.39 is 0 Å². The van der Waals surface area contributed by atoms with Crippen LogP contribution in [0.25, 0.3) is 43.5 Å². The van der Waals surface area contributed by atoms with E-state index in [0.717, 1.165) is 84.9 Å². The number of fused-ring (bicyclic) bond motifs is 6. The molecule has 0 N–H and O–H groups in total. The van der Waals surface area contributed by atoms with Crippen molar-refractivity contribution in [1.29, 1.82) is 0 Å². The molecule has 60 heavy (non-hydrogen) atoms. The molecule has 0 atom stereocenters. The summed E-state index contributed by atoms with van der Waals surface area (Å²) in [6, 6.07) is 47.5. The Morgan fingerprint density at radius 2 is 0.800 bits per heavy atom. The van der Waals surface area contributed by atoms with Gasteiger partial charge in [-0.3, -0.25) is 0 Å². The number of benzene rings is 6. The normalized spacial score (nSPS) is 11.0. The summed E-state index contributed by atoms with van der Waals surface area (Å²) in [6.45, 7) is 5.25. The van der Waals surface area contributed by atoms with Crippen LogP contribution in [0.15, 0.2) is 164 Å². The number of hydrogen-bond donors (Lipinski definition) is 0. The average Bonchev–Trinajstić information content (AvgIpc) is 3.24. The van der Waals surface area contributed by atoms with Gasteiger partial charge in [-0.2, -0.15) is 0 Å². The van der Waals surface area contributed by atoms with E-state index in [1.807, 2.05) is 84.9 Å². The van der Waals surface area contributed by atoms with Crippen LogP contribution < -0.4 is 20.7 Å². The molecule has 0 fully saturated rings. The highest BCUT2D eigenvalue weighted by molar-refractivity contribution is 6.05. The lowest BCUT2D eigenvalue weighted by Gasteiger charge is -2.16. The van der Waals surface area contributed by atoms with Crippen molar-refractivity contribution >= 4 is 68.3 Å². The lowest BCUT2D eigenvalue weighted by molar-refractivity contribution is 0.275. The predicted octanol–water partition coefficient (Wildman–Crippen LogP) is 11.3. The van der Waals surface area contributed by atoms with E-state index in [-0.39, 0.29) is 36.1 Å². The van der Waals surface area contributed by atoms with Crippen LogP contribution >= 0.6 is 24.8 Å². The summed E-state index contributed by atoms with van der Waals surface area (Å²) in [5, 5.41) is 4.88. The number of halogens is 2. The molecule has 10 heteroatoms. The maximum atomic E-state index is 12.2. The fraction of sp³-hybridized carbons (Fsp3) is 0.240. The SMILES string of the molecule is CN(CCCCOc1ccc2c(c1)oc(=O)c1ccccc12)Cc1ccccc1.CN(CCCCOc1ccc2c(c1)oc(=O)c1ccccc12)Cc1ccccc1.Cl.Cl.